The molecule has 5 nitrogen and oxygen atoms in total. The van der Waals surface area contributed by atoms with Crippen molar-refractivity contribution in [3.8, 4) is 11.5 Å². The number of ketones is 1. The molecule has 0 radical (unpaired) electrons. The number of rotatable bonds is 7. The standard InChI is InChI=1S/C21H28N2O3/c1-4-14-13-22-9-7-15(14)5-6-19(24)16-8-10-23-18-12-21(26-3)20(25-2)11-17(16)18/h8,10-12,14-15,22H,4-7,9,13H2,1-3H3/t14-,15+/m0/s1. The molecule has 0 aliphatic carbocycles. The Kier molecular flexibility index (Phi) is 6.09. The number of hydrogen-bond donors (Lipinski definition) is 1. The van der Waals surface area contributed by atoms with Crippen molar-refractivity contribution in [1.29, 1.82) is 0 Å². The van der Waals surface area contributed by atoms with Crippen molar-refractivity contribution in [3.63, 3.8) is 0 Å². The number of fused-ring (bicyclic) bond motifs is 1. The predicted octanol–water partition coefficient (Wildman–Crippen LogP) is 3.85. The van der Waals surface area contributed by atoms with Gasteiger partial charge in [0, 0.05) is 29.6 Å². The summed E-state index contributed by atoms with van der Waals surface area (Å²) in [4.78, 5) is 17.3. The molecule has 2 heterocycles. The van der Waals surface area contributed by atoms with Gasteiger partial charge in [-0.15, -0.1) is 0 Å². The van der Waals surface area contributed by atoms with Gasteiger partial charge in [0.2, 0.25) is 0 Å². The molecule has 0 amide bonds. The highest BCUT2D eigenvalue weighted by Crippen LogP contribution is 2.33. The number of nitrogens with zero attached hydrogens (tertiary/aromatic N) is 1. The maximum absolute atomic E-state index is 12.9. The third-order valence-electron chi connectivity index (χ3n) is 5.58. The molecule has 1 fully saturated rings. The Morgan fingerprint density at radius 2 is 2.00 bits per heavy atom. The van der Waals surface area contributed by atoms with Gasteiger partial charge in [0.15, 0.2) is 17.3 Å². The lowest BCUT2D eigenvalue weighted by Crippen LogP contribution is -2.36. The zero-order valence-electron chi connectivity index (χ0n) is 15.9. The SMILES string of the molecule is CC[C@H]1CNCC[C@H]1CCC(=O)c1ccnc2cc(OC)c(OC)cc12. The fourth-order valence-corrected chi connectivity index (χ4v) is 4.00. The molecule has 3 rings (SSSR count). The molecule has 0 spiro atoms. The predicted molar refractivity (Wildman–Crippen MR) is 103 cm³/mol. The quantitative estimate of drug-likeness (QED) is 0.764. The molecule has 1 aromatic heterocycles. The van der Waals surface area contributed by atoms with Crippen molar-refractivity contribution in [1.82, 2.24) is 10.3 Å². The minimum absolute atomic E-state index is 0.179. The van der Waals surface area contributed by atoms with Gasteiger partial charge < -0.3 is 14.8 Å². The zero-order valence-corrected chi connectivity index (χ0v) is 15.9. The Morgan fingerprint density at radius 1 is 1.23 bits per heavy atom. The first-order valence-electron chi connectivity index (χ1n) is 9.42. The monoisotopic (exact) mass is 356 g/mol. The summed E-state index contributed by atoms with van der Waals surface area (Å²) < 4.78 is 10.7. The van der Waals surface area contributed by atoms with Crippen molar-refractivity contribution in [2.24, 2.45) is 11.8 Å². The van der Waals surface area contributed by atoms with Crippen LogP contribution in [-0.4, -0.2) is 38.1 Å². The first kappa shape index (κ1) is 18.6. The van der Waals surface area contributed by atoms with E-state index in [0.29, 0.717) is 29.8 Å². The van der Waals surface area contributed by atoms with Crippen LogP contribution in [-0.2, 0) is 0 Å². The largest absolute Gasteiger partial charge is 0.493 e. The number of hydrogen-bond acceptors (Lipinski definition) is 5. The number of Topliss-reactive ketones (excluding diaryl/α,β-unsaturated/α-hetero) is 1. The van der Waals surface area contributed by atoms with Crippen LogP contribution in [0.1, 0.15) is 43.0 Å². The summed E-state index contributed by atoms with van der Waals surface area (Å²) in [7, 11) is 3.20. The number of benzene rings is 1. The number of nitrogens with one attached hydrogen (secondary N) is 1. The van der Waals surface area contributed by atoms with Gasteiger partial charge in [0.25, 0.3) is 0 Å². The van der Waals surface area contributed by atoms with E-state index < -0.39 is 0 Å². The topological polar surface area (TPSA) is 60.5 Å². The van der Waals surface area contributed by atoms with Crippen molar-refractivity contribution in [2.75, 3.05) is 27.3 Å². The van der Waals surface area contributed by atoms with Crippen molar-refractivity contribution < 1.29 is 14.3 Å². The van der Waals surface area contributed by atoms with Crippen LogP contribution in [0, 0.1) is 11.8 Å². The average Bonchev–Trinajstić information content (AvgIpc) is 2.70. The van der Waals surface area contributed by atoms with Crippen LogP contribution in [0.25, 0.3) is 10.9 Å². The normalized spacial score (nSPS) is 20.1. The Hall–Kier alpha value is -2.14. The van der Waals surface area contributed by atoms with E-state index in [9.17, 15) is 4.79 Å². The number of ether oxygens (including phenoxy) is 2. The molecule has 5 heteroatoms. The molecule has 1 aromatic carbocycles. The maximum Gasteiger partial charge on any atom is 0.163 e. The summed E-state index contributed by atoms with van der Waals surface area (Å²) in [6.07, 6.45) is 5.56. The molecule has 2 atom stereocenters. The van der Waals surface area contributed by atoms with E-state index in [1.807, 2.05) is 18.2 Å². The second-order valence-corrected chi connectivity index (χ2v) is 6.97. The third-order valence-corrected chi connectivity index (χ3v) is 5.58. The molecule has 0 bridgehead atoms. The fraction of sp³-hybridized carbons (Fsp3) is 0.524. The van der Waals surface area contributed by atoms with E-state index >= 15 is 0 Å². The van der Waals surface area contributed by atoms with Crippen molar-refractivity contribution >= 4 is 16.7 Å². The van der Waals surface area contributed by atoms with Crippen molar-refractivity contribution in [3.05, 3.63) is 30.0 Å². The number of carbonyl (C=O) groups is 1. The van der Waals surface area contributed by atoms with Crippen LogP contribution in [0.15, 0.2) is 24.4 Å². The number of aromatic nitrogens is 1. The van der Waals surface area contributed by atoms with Crippen LogP contribution in [0.3, 0.4) is 0 Å². The maximum atomic E-state index is 12.9. The number of piperidine rings is 1. The Bertz CT molecular complexity index is 775. The van der Waals surface area contributed by atoms with Gasteiger partial charge in [-0.25, -0.2) is 0 Å². The summed E-state index contributed by atoms with van der Waals surface area (Å²) in [5.41, 5.74) is 1.47. The van der Waals surface area contributed by atoms with E-state index in [-0.39, 0.29) is 5.78 Å². The van der Waals surface area contributed by atoms with Crippen molar-refractivity contribution in [2.45, 2.75) is 32.6 Å². The lowest BCUT2D eigenvalue weighted by Gasteiger charge is -2.31. The summed E-state index contributed by atoms with van der Waals surface area (Å²) in [6, 6.07) is 5.49. The number of methoxy groups -OCH3 is 2. The van der Waals surface area contributed by atoms with Gasteiger partial charge in [-0.05, 0) is 49.9 Å². The van der Waals surface area contributed by atoms with Crippen LogP contribution in [0.2, 0.25) is 0 Å². The van der Waals surface area contributed by atoms with Gasteiger partial charge in [0.05, 0.1) is 19.7 Å². The fourth-order valence-electron chi connectivity index (χ4n) is 4.00. The molecule has 26 heavy (non-hydrogen) atoms. The summed E-state index contributed by atoms with van der Waals surface area (Å²) in [6.45, 7) is 4.37. The molecule has 1 aliphatic heterocycles. The second kappa shape index (κ2) is 8.49. The molecule has 140 valence electrons. The van der Waals surface area contributed by atoms with E-state index in [1.54, 1.807) is 20.4 Å². The van der Waals surface area contributed by atoms with E-state index in [2.05, 4.69) is 17.2 Å². The summed E-state index contributed by atoms with van der Waals surface area (Å²) in [5.74, 6) is 2.73. The lowest BCUT2D eigenvalue weighted by atomic mass is 9.81. The summed E-state index contributed by atoms with van der Waals surface area (Å²) in [5, 5.41) is 4.29. The van der Waals surface area contributed by atoms with Crippen LogP contribution >= 0.6 is 0 Å². The number of pyridine rings is 1. The van der Waals surface area contributed by atoms with E-state index in [1.165, 1.54) is 6.42 Å². The van der Waals surface area contributed by atoms with Gasteiger partial charge in [-0.1, -0.05) is 13.3 Å². The molecule has 1 aliphatic rings. The molecule has 0 saturated carbocycles. The minimum Gasteiger partial charge on any atom is -0.493 e. The van der Waals surface area contributed by atoms with Crippen LogP contribution in [0.5, 0.6) is 11.5 Å². The minimum atomic E-state index is 0.179. The second-order valence-electron chi connectivity index (χ2n) is 6.97. The molecule has 0 unspecified atom stereocenters. The highest BCUT2D eigenvalue weighted by atomic mass is 16.5. The zero-order chi connectivity index (χ0) is 18.5. The molecular formula is C21H28N2O3. The molecular weight excluding hydrogens is 328 g/mol. The Balaban J connectivity index is 1.81. The van der Waals surface area contributed by atoms with E-state index in [0.717, 1.165) is 42.4 Å². The third kappa shape index (κ3) is 3.83. The van der Waals surface area contributed by atoms with Crippen LogP contribution in [0.4, 0.5) is 0 Å². The smallest absolute Gasteiger partial charge is 0.163 e. The average molecular weight is 356 g/mol. The Labute approximate surface area is 155 Å². The van der Waals surface area contributed by atoms with Gasteiger partial charge in [-0.2, -0.15) is 0 Å². The number of carbonyl (C=O) groups excluding carboxylic acids is 1. The first-order valence-corrected chi connectivity index (χ1v) is 9.42. The molecule has 1 N–H and O–H groups in total. The van der Waals surface area contributed by atoms with E-state index in [4.69, 9.17) is 9.47 Å². The van der Waals surface area contributed by atoms with Gasteiger partial charge >= 0.3 is 0 Å². The van der Waals surface area contributed by atoms with Gasteiger partial charge in [0.1, 0.15) is 0 Å². The molecule has 1 saturated heterocycles. The van der Waals surface area contributed by atoms with Crippen LogP contribution < -0.4 is 14.8 Å². The summed E-state index contributed by atoms with van der Waals surface area (Å²) >= 11 is 0. The highest BCUT2D eigenvalue weighted by molar-refractivity contribution is 6.07. The lowest BCUT2D eigenvalue weighted by molar-refractivity contribution is 0.0963. The Morgan fingerprint density at radius 3 is 2.73 bits per heavy atom. The highest BCUT2D eigenvalue weighted by Gasteiger charge is 2.24. The molecule has 2 aromatic rings. The van der Waals surface area contributed by atoms with Gasteiger partial charge in [-0.3, -0.25) is 9.78 Å². The first-order chi connectivity index (χ1) is 12.7.